The van der Waals surface area contributed by atoms with E-state index in [1.807, 2.05) is 15.2 Å². The number of benzene rings is 2. The van der Waals surface area contributed by atoms with E-state index in [1.54, 1.807) is 30.6 Å². The average molecular weight is 475 g/mol. The van der Waals surface area contributed by atoms with E-state index in [-0.39, 0.29) is 11.4 Å². The SMILES string of the molecule is O=c1nc(SCCc2ccc(Cl)cc2Cl)n(-c2ccc(F)cc2)c2c1ncn2C1CC1. The van der Waals surface area contributed by atoms with E-state index in [9.17, 15) is 9.18 Å². The molecule has 1 saturated carbocycles. The zero-order valence-electron chi connectivity index (χ0n) is 16.3. The Bertz CT molecular complexity index is 1330. The molecule has 2 aromatic carbocycles. The molecule has 9 heteroatoms. The van der Waals surface area contributed by atoms with Gasteiger partial charge in [-0.15, -0.1) is 0 Å². The summed E-state index contributed by atoms with van der Waals surface area (Å²) in [6, 6.07) is 11.9. The molecule has 31 heavy (non-hydrogen) atoms. The van der Waals surface area contributed by atoms with Crippen LogP contribution in [0.3, 0.4) is 0 Å². The number of imidazole rings is 1. The Morgan fingerprint density at radius 1 is 1.13 bits per heavy atom. The van der Waals surface area contributed by atoms with Gasteiger partial charge in [0.25, 0.3) is 0 Å². The van der Waals surface area contributed by atoms with Gasteiger partial charge in [0.05, 0.1) is 6.33 Å². The maximum absolute atomic E-state index is 13.6. The molecule has 0 unspecified atom stereocenters. The van der Waals surface area contributed by atoms with Crippen LogP contribution in [0.2, 0.25) is 10.0 Å². The van der Waals surface area contributed by atoms with Crippen LogP contribution in [-0.2, 0) is 6.42 Å². The van der Waals surface area contributed by atoms with Crippen LogP contribution in [0, 0.1) is 5.82 Å². The van der Waals surface area contributed by atoms with Crippen molar-refractivity contribution < 1.29 is 4.39 Å². The average Bonchev–Trinajstić information content (AvgIpc) is 3.49. The van der Waals surface area contributed by atoms with Gasteiger partial charge in [0.2, 0.25) is 0 Å². The Kier molecular flexibility index (Phi) is 5.50. The molecule has 5 nitrogen and oxygen atoms in total. The monoisotopic (exact) mass is 474 g/mol. The number of nitrogens with zero attached hydrogens (tertiary/aromatic N) is 4. The molecule has 0 bridgehead atoms. The Morgan fingerprint density at radius 2 is 1.90 bits per heavy atom. The van der Waals surface area contributed by atoms with Gasteiger partial charge >= 0.3 is 5.56 Å². The first kappa shape index (κ1) is 20.5. The molecular weight excluding hydrogens is 458 g/mol. The van der Waals surface area contributed by atoms with Gasteiger partial charge in [-0.3, -0.25) is 9.36 Å². The highest BCUT2D eigenvalue weighted by Crippen LogP contribution is 2.38. The van der Waals surface area contributed by atoms with Crippen LogP contribution in [0.15, 0.2) is 58.7 Å². The molecule has 0 amide bonds. The molecule has 0 aliphatic heterocycles. The van der Waals surface area contributed by atoms with Gasteiger partial charge in [-0.2, -0.15) is 4.98 Å². The van der Waals surface area contributed by atoms with Crippen molar-refractivity contribution in [3.05, 3.63) is 80.6 Å². The first-order chi connectivity index (χ1) is 15.0. The molecule has 0 radical (unpaired) electrons. The molecule has 158 valence electrons. The molecule has 1 aliphatic carbocycles. The highest BCUT2D eigenvalue weighted by Gasteiger charge is 2.28. The van der Waals surface area contributed by atoms with E-state index in [4.69, 9.17) is 23.2 Å². The molecule has 2 heterocycles. The van der Waals surface area contributed by atoms with Crippen molar-refractivity contribution >= 4 is 46.1 Å². The lowest BCUT2D eigenvalue weighted by molar-refractivity contribution is 0.627. The zero-order chi connectivity index (χ0) is 21.5. The summed E-state index contributed by atoms with van der Waals surface area (Å²) < 4.78 is 17.5. The van der Waals surface area contributed by atoms with Crippen LogP contribution in [0.5, 0.6) is 0 Å². The fraction of sp³-hybridized carbons (Fsp3) is 0.227. The summed E-state index contributed by atoms with van der Waals surface area (Å²) in [5.41, 5.74) is 2.36. The number of aromatic nitrogens is 4. The summed E-state index contributed by atoms with van der Waals surface area (Å²) >= 11 is 13.7. The first-order valence-electron chi connectivity index (χ1n) is 9.83. The molecule has 4 aromatic rings. The van der Waals surface area contributed by atoms with E-state index in [2.05, 4.69) is 9.97 Å². The van der Waals surface area contributed by atoms with Crippen LogP contribution < -0.4 is 5.56 Å². The van der Waals surface area contributed by atoms with Gasteiger partial charge in [0.1, 0.15) is 5.82 Å². The molecular formula is C22H17Cl2FN4OS. The zero-order valence-corrected chi connectivity index (χ0v) is 18.6. The summed E-state index contributed by atoms with van der Waals surface area (Å²) in [6.07, 6.45) is 4.47. The van der Waals surface area contributed by atoms with Crippen LogP contribution in [0.1, 0.15) is 24.4 Å². The largest absolute Gasteiger partial charge is 0.313 e. The van der Waals surface area contributed by atoms with Crippen LogP contribution in [-0.4, -0.2) is 24.9 Å². The van der Waals surface area contributed by atoms with Gasteiger partial charge in [-0.05, 0) is 61.2 Å². The Morgan fingerprint density at radius 3 is 2.61 bits per heavy atom. The van der Waals surface area contributed by atoms with Crippen molar-refractivity contribution in [2.45, 2.75) is 30.5 Å². The second-order valence-corrected chi connectivity index (χ2v) is 9.31. The molecule has 0 atom stereocenters. The summed E-state index contributed by atoms with van der Waals surface area (Å²) in [6.45, 7) is 0. The normalized spacial score (nSPS) is 13.8. The van der Waals surface area contributed by atoms with Crippen molar-refractivity contribution in [2.75, 3.05) is 5.75 Å². The van der Waals surface area contributed by atoms with Crippen LogP contribution >= 0.6 is 35.0 Å². The second-order valence-electron chi connectivity index (χ2n) is 7.40. The van der Waals surface area contributed by atoms with Crippen molar-refractivity contribution in [2.24, 2.45) is 0 Å². The Balaban J connectivity index is 1.56. The predicted molar refractivity (Wildman–Crippen MR) is 122 cm³/mol. The van der Waals surface area contributed by atoms with E-state index in [0.717, 1.165) is 24.1 Å². The van der Waals surface area contributed by atoms with Crippen molar-refractivity contribution in [3.8, 4) is 5.69 Å². The molecule has 5 rings (SSSR count). The third kappa shape index (κ3) is 4.10. The smallest absolute Gasteiger partial charge is 0.301 e. The first-order valence-corrected chi connectivity index (χ1v) is 11.6. The molecule has 0 spiro atoms. The fourth-order valence-electron chi connectivity index (χ4n) is 3.52. The predicted octanol–water partition coefficient (Wildman–Crippen LogP) is 5.70. The summed E-state index contributed by atoms with van der Waals surface area (Å²) in [7, 11) is 0. The van der Waals surface area contributed by atoms with E-state index >= 15 is 0 Å². The Labute approximate surface area is 191 Å². The highest BCUT2D eigenvalue weighted by atomic mass is 35.5. The fourth-order valence-corrected chi connectivity index (χ4v) is 5.00. The second kappa shape index (κ2) is 8.30. The van der Waals surface area contributed by atoms with Crippen molar-refractivity contribution in [3.63, 3.8) is 0 Å². The maximum Gasteiger partial charge on any atom is 0.301 e. The van der Waals surface area contributed by atoms with Gasteiger partial charge in [-0.1, -0.05) is 41.0 Å². The summed E-state index contributed by atoms with van der Waals surface area (Å²) in [5, 5.41) is 1.74. The number of hydrogen-bond acceptors (Lipinski definition) is 4. The number of hydrogen-bond donors (Lipinski definition) is 0. The number of aryl methyl sites for hydroxylation is 1. The minimum atomic E-state index is -0.361. The summed E-state index contributed by atoms with van der Waals surface area (Å²) in [5.74, 6) is 0.328. The summed E-state index contributed by atoms with van der Waals surface area (Å²) in [4.78, 5) is 21.3. The Hall–Kier alpha value is -2.35. The highest BCUT2D eigenvalue weighted by molar-refractivity contribution is 7.99. The van der Waals surface area contributed by atoms with E-state index in [0.29, 0.717) is 44.6 Å². The molecule has 0 N–H and O–H groups in total. The lowest BCUT2D eigenvalue weighted by Crippen LogP contribution is -2.17. The van der Waals surface area contributed by atoms with Gasteiger partial charge < -0.3 is 4.57 Å². The molecule has 2 aromatic heterocycles. The van der Waals surface area contributed by atoms with E-state index < -0.39 is 0 Å². The number of fused-ring (bicyclic) bond motifs is 1. The van der Waals surface area contributed by atoms with Crippen LogP contribution in [0.4, 0.5) is 4.39 Å². The van der Waals surface area contributed by atoms with Crippen molar-refractivity contribution in [1.29, 1.82) is 0 Å². The minimum Gasteiger partial charge on any atom is -0.313 e. The third-order valence-electron chi connectivity index (χ3n) is 5.21. The van der Waals surface area contributed by atoms with Crippen LogP contribution in [0.25, 0.3) is 16.9 Å². The third-order valence-corrected chi connectivity index (χ3v) is 6.74. The van der Waals surface area contributed by atoms with Gasteiger partial charge in [0, 0.05) is 27.5 Å². The lowest BCUT2D eigenvalue weighted by Gasteiger charge is -2.16. The topological polar surface area (TPSA) is 52.7 Å². The lowest BCUT2D eigenvalue weighted by atomic mass is 10.2. The maximum atomic E-state index is 13.6. The van der Waals surface area contributed by atoms with E-state index in [1.165, 1.54) is 23.9 Å². The quantitative estimate of drug-likeness (QED) is 0.265. The van der Waals surface area contributed by atoms with Gasteiger partial charge in [-0.25, -0.2) is 9.37 Å². The number of thioether (sulfide) groups is 1. The molecule has 1 fully saturated rings. The molecule has 1 aliphatic rings. The number of halogens is 3. The standard InChI is InChI=1S/C22H17Cl2FN4OS/c23-14-2-1-13(18(24)11-14)9-10-31-22-27-20(30)19-21(28(12-26-19)16-7-8-16)29(22)17-5-3-15(25)4-6-17/h1-6,11-12,16H,7-10H2. The van der Waals surface area contributed by atoms with Crippen molar-refractivity contribution in [1.82, 2.24) is 19.1 Å². The minimum absolute atomic E-state index is 0.321. The molecule has 0 saturated heterocycles. The van der Waals surface area contributed by atoms with Gasteiger partial charge in [0.15, 0.2) is 16.3 Å². The number of rotatable bonds is 6.